The van der Waals surface area contributed by atoms with E-state index in [0.717, 1.165) is 11.3 Å². The lowest BCUT2D eigenvalue weighted by molar-refractivity contribution is -0.115. The normalized spacial score (nSPS) is 15.7. The van der Waals surface area contributed by atoms with Crippen LogP contribution in [0.2, 0.25) is 0 Å². The second-order valence-electron chi connectivity index (χ2n) is 6.09. The third-order valence-electron chi connectivity index (χ3n) is 4.14. The number of sulfonamides is 1. The summed E-state index contributed by atoms with van der Waals surface area (Å²) in [7, 11) is -3.19. The molecule has 0 spiro atoms. The van der Waals surface area contributed by atoms with Gasteiger partial charge in [-0.05, 0) is 55.3 Å². The molecule has 6 nitrogen and oxygen atoms in total. The molecule has 1 fully saturated rings. The predicted octanol–water partition coefficient (Wildman–Crippen LogP) is 2.81. The molecular weight excluding hydrogens is 352 g/mol. The predicted molar refractivity (Wildman–Crippen MR) is 102 cm³/mol. The van der Waals surface area contributed by atoms with Gasteiger partial charge in [0.05, 0.1) is 24.5 Å². The fourth-order valence-electron chi connectivity index (χ4n) is 2.90. The van der Waals surface area contributed by atoms with Gasteiger partial charge >= 0.3 is 0 Å². The molecule has 0 radical (unpaired) electrons. The molecule has 1 aliphatic heterocycles. The second-order valence-corrected chi connectivity index (χ2v) is 8.10. The molecule has 138 valence electrons. The maximum atomic E-state index is 12.2. The molecule has 26 heavy (non-hydrogen) atoms. The van der Waals surface area contributed by atoms with Crippen molar-refractivity contribution >= 4 is 27.3 Å². The standard InChI is InChI=1S/C19H22N2O4S/c1-2-25-18-10-4-15(5-11-18)14-19(22)20-16-6-8-17(9-7-16)21-12-3-13-26(21,23)24/h4-11H,2-3,12-14H2,1H3,(H,20,22). The van der Waals surface area contributed by atoms with Crippen LogP contribution in [0.25, 0.3) is 0 Å². The summed E-state index contributed by atoms with van der Waals surface area (Å²) in [6, 6.07) is 14.3. The molecule has 2 aromatic rings. The van der Waals surface area contributed by atoms with Crippen molar-refractivity contribution in [2.75, 3.05) is 28.5 Å². The van der Waals surface area contributed by atoms with E-state index in [2.05, 4.69) is 5.32 Å². The lowest BCUT2D eigenvalue weighted by Crippen LogP contribution is -2.25. The molecule has 0 aromatic heterocycles. The van der Waals surface area contributed by atoms with E-state index >= 15 is 0 Å². The first-order chi connectivity index (χ1) is 12.5. The Balaban J connectivity index is 1.59. The number of hydrogen-bond acceptors (Lipinski definition) is 4. The summed E-state index contributed by atoms with van der Waals surface area (Å²) < 4.78 is 30.7. The van der Waals surface area contributed by atoms with Crippen molar-refractivity contribution < 1.29 is 17.9 Å². The van der Waals surface area contributed by atoms with Crippen molar-refractivity contribution in [3.05, 3.63) is 54.1 Å². The van der Waals surface area contributed by atoms with Crippen LogP contribution >= 0.6 is 0 Å². The zero-order chi connectivity index (χ0) is 18.6. The van der Waals surface area contributed by atoms with Gasteiger partial charge in [-0.2, -0.15) is 0 Å². The van der Waals surface area contributed by atoms with Crippen LogP contribution in [0.5, 0.6) is 5.75 Å². The monoisotopic (exact) mass is 374 g/mol. The quantitative estimate of drug-likeness (QED) is 0.844. The Labute approximate surface area is 153 Å². The summed E-state index contributed by atoms with van der Waals surface area (Å²) >= 11 is 0. The number of benzene rings is 2. The SMILES string of the molecule is CCOc1ccc(CC(=O)Nc2ccc(N3CCCS3(=O)=O)cc2)cc1. The van der Waals surface area contributed by atoms with Gasteiger partial charge in [0.15, 0.2) is 0 Å². The topological polar surface area (TPSA) is 75.7 Å². The summed E-state index contributed by atoms with van der Waals surface area (Å²) in [6.07, 6.45) is 0.900. The van der Waals surface area contributed by atoms with Crippen LogP contribution in [0.1, 0.15) is 18.9 Å². The van der Waals surface area contributed by atoms with E-state index in [9.17, 15) is 13.2 Å². The van der Waals surface area contributed by atoms with Crippen molar-refractivity contribution in [2.24, 2.45) is 0 Å². The van der Waals surface area contributed by atoms with Crippen LogP contribution in [-0.2, 0) is 21.2 Å². The highest BCUT2D eigenvalue weighted by Gasteiger charge is 2.28. The van der Waals surface area contributed by atoms with E-state index in [1.165, 1.54) is 4.31 Å². The first kappa shape index (κ1) is 18.3. The molecule has 1 N–H and O–H groups in total. The summed E-state index contributed by atoms with van der Waals surface area (Å²) in [6.45, 7) is 3.03. The highest BCUT2D eigenvalue weighted by Crippen LogP contribution is 2.25. The van der Waals surface area contributed by atoms with Gasteiger partial charge in [0.25, 0.3) is 0 Å². The Kier molecular flexibility index (Phi) is 5.46. The van der Waals surface area contributed by atoms with Crippen LogP contribution in [0.4, 0.5) is 11.4 Å². The Morgan fingerprint density at radius 2 is 1.81 bits per heavy atom. The van der Waals surface area contributed by atoms with Gasteiger partial charge in [0.2, 0.25) is 15.9 Å². The first-order valence-corrected chi connectivity index (χ1v) is 10.2. The second kappa shape index (κ2) is 7.78. The molecule has 0 atom stereocenters. The molecule has 2 aromatic carbocycles. The number of ether oxygens (including phenoxy) is 1. The van der Waals surface area contributed by atoms with Gasteiger partial charge in [-0.3, -0.25) is 9.10 Å². The van der Waals surface area contributed by atoms with Crippen LogP contribution < -0.4 is 14.4 Å². The Morgan fingerprint density at radius 1 is 1.12 bits per heavy atom. The number of carbonyl (C=O) groups excluding carboxylic acids is 1. The van der Waals surface area contributed by atoms with Gasteiger partial charge < -0.3 is 10.1 Å². The minimum atomic E-state index is -3.19. The average molecular weight is 374 g/mol. The number of hydrogen-bond donors (Lipinski definition) is 1. The lowest BCUT2D eigenvalue weighted by atomic mass is 10.1. The van der Waals surface area contributed by atoms with Crippen molar-refractivity contribution in [3.8, 4) is 5.75 Å². The van der Waals surface area contributed by atoms with Gasteiger partial charge in [0, 0.05) is 12.2 Å². The zero-order valence-corrected chi connectivity index (χ0v) is 15.5. The Bertz CT molecular complexity index is 861. The average Bonchev–Trinajstić information content (AvgIpc) is 2.97. The highest BCUT2D eigenvalue weighted by atomic mass is 32.2. The molecule has 1 aliphatic rings. The number of amides is 1. The van der Waals surface area contributed by atoms with Crippen LogP contribution in [0, 0.1) is 0 Å². The van der Waals surface area contributed by atoms with Gasteiger partial charge in [-0.15, -0.1) is 0 Å². The lowest BCUT2D eigenvalue weighted by Gasteiger charge is -2.17. The summed E-state index contributed by atoms with van der Waals surface area (Å²) in [5.41, 5.74) is 2.17. The highest BCUT2D eigenvalue weighted by molar-refractivity contribution is 7.93. The molecular formula is C19H22N2O4S. The molecule has 1 amide bonds. The Morgan fingerprint density at radius 3 is 2.38 bits per heavy atom. The molecule has 0 bridgehead atoms. The molecule has 1 saturated heterocycles. The van der Waals surface area contributed by atoms with Gasteiger partial charge in [0.1, 0.15) is 5.75 Å². The van der Waals surface area contributed by atoms with Crippen LogP contribution in [-0.4, -0.2) is 33.2 Å². The minimum Gasteiger partial charge on any atom is -0.494 e. The number of rotatable bonds is 6. The maximum absolute atomic E-state index is 12.2. The Hall–Kier alpha value is -2.54. The fourth-order valence-corrected chi connectivity index (χ4v) is 4.47. The van der Waals surface area contributed by atoms with E-state index in [0.29, 0.717) is 30.9 Å². The van der Waals surface area contributed by atoms with Crippen molar-refractivity contribution in [1.82, 2.24) is 0 Å². The molecule has 0 unspecified atom stereocenters. The van der Waals surface area contributed by atoms with E-state index in [1.807, 2.05) is 31.2 Å². The third-order valence-corrected chi connectivity index (χ3v) is 6.01. The molecule has 0 saturated carbocycles. The number of nitrogens with zero attached hydrogens (tertiary/aromatic N) is 1. The largest absolute Gasteiger partial charge is 0.494 e. The molecule has 0 aliphatic carbocycles. The van der Waals surface area contributed by atoms with E-state index in [4.69, 9.17) is 4.74 Å². The van der Waals surface area contributed by atoms with E-state index < -0.39 is 10.0 Å². The summed E-state index contributed by atoms with van der Waals surface area (Å²) in [5, 5.41) is 2.83. The van der Waals surface area contributed by atoms with Gasteiger partial charge in [-0.25, -0.2) is 8.42 Å². The maximum Gasteiger partial charge on any atom is 0.235 e. The van der Waals surface area contributed by atoms with Crippen molar-refractivity contribution in [3.63, 3.8) is 0 Å². The third kappa shape index (κ3) is 4.35. The smallest absolute Gasteiger partial charge is 0.235 e. The molecule has 7 heteroatoms. The summed E-state index contributed by atoms with van der Waals surface area (Å²) in [4.78, 5) is 12.2. The number of carbonyl (C=O) groups is 1. The first-order valence-electron chi connectivity index (χ1n) is 8.60. The number of anilines is 2. The van der Waals surface area contributed by atoms with E-state index in [1.54, 1.807) is 24.3 Å². The van der Waals surface area contributed by atoms with Crippen LogP contribution in [0.15, 0.2) is 48.5 Å². The van der Waals surface area contributed by atoms with E-state index in [-0.39, 0.29) is 18.1 Å². The zero-order valence-electron chi connectivity index (χ0n) is 14.6. The van der Waals surface area contributed by atoms with Crippen LogP contribution in [0.3, 0.4) is 0 Å². The summed E-state index contributed by atoms with van der Waals surface area (Å²) in [5.74, 6) is 0.841. The minimum absolute atomic E-state index is 0.129. The van der Waals surface area contributed by atoms with Gasteiger partial charge in [-0.1, -0.05) is 12.1 Å². The number of nitrogens with one attached hydrogen (secondary N) is 1. The molecule has 3 rings (SSSR count). The van der Waals surface area contributed by atoms with Crippen molar-refractivity contribution in [2.45, 2.75) is 19.8 Å². The fraction of sp³-hybridized carbons (Fsp3) is 0.316. The van der Waals surface area contributed by atoms with Crippen molar-refractivity contribution in [1.29, 1.82) is 0 Å². The molecule has 1 heterocycles.